The second-order valence-electron chi connectivity index (χ2n) is 11.1. The third-order valence-corrected chi connectivity index (χ3v) is 10.1. The Hall–Kier alpha value is -3.18. The highest BCUT2D eigenvalue weighted by atomic mass is 32.2. The quantitative estimate of drug-likeness (QED) is 0.263. The van der Waals surface area contributed by atoms with Gasteiger partial charge in [0.1, 0.15) is 6.04 Å². The van der Waals surface area contributed by atoms with Gasteiger partial charge in [-0.25, -0.2) is 13.2 Å². The molecule has 0 bridgehead atoms. The molecular weight excluding hydrogens is 585 g/mol. The van der Waals surface area contributed by atoms with Gasteiger partial charge in [-0.3, -0.25) is 9.69 Å². The number of rotatable bonds is 14. The molecule has 1 saturated heterocycles. The predicted molar refractivity (Wildman–Crippen MR) is 172 cm³/mol. The number of thioether (sulfide) groups is 1. The third-order valence-electron chi connectivity index (χ3n) is 7.88. The summed E-state index contributed by atoms with van der Waals surface area (Å²) in [6.07, 6.45) is 4.00. The number of carbonyl (C=O) groups is 2. The summed E-state index contributed by atoms with van der Waals surface area (Å²) < 4.78 is 31.1. The van der Waals surface area contributed by atoms with E-state index in [-0.39, 0.29) is 6.04 Å². The molecule has 1 amide bonds. The van der Waals surface area contributed by atoms with Crippen LogP contribution < -0.4 is 5.32 Å². The zero-order chi connectivity index (χ0) is 31.0. The minimum absolute atomic E-state index is 0.0823. The van der Waals surface area contributed by atoms with Gasteiger partial charge in [0.15, 0.2) is 9.84 Å². The number of carbonyl (C=O) groups excluding carboxylic acids is 1. The maximum absolute atomic E-state index is 13.4. The molecule has 8 nitrogen and oxygen atoms in total. The summed E-state index contributed by atoms with van der Waals surface area (Å²) >= 11 is 1.53. The molecule has 1 heterocycles. The summed E-state index contributed by atoms with van der Waals surface area (Å²) in [6.45, 7) is 3.70. The lowest BCUT2D eigenvalue weighted by atomic mass is 9.93. The first-order valence-electron chi connectivity index (χ1n) is 14.3. The van der Waals surface area contributed by atoms with Gasteiger partial charge in [-0.15, -0.1) is 0 Å². The number of ether oxygens (including phenoxy) is 1. The number of amides is 1. The van der Waals surface area contributed by atoms with Gasteiger partial charge in [0, 0.05) is 31.0 Å². The Morgan fingerprint density at radius 1 is 1.05 bits per heavy atom. The number of likely N-dealkylation sites (tertiary alicyclic amines) is 1. The van der Waals surface area contributed by atoms with Crippen LogP contribution in [-0.2, 0) is 32.5 Å². The van der Waals surface area contributed by atoms with E-state index >= 15 is 0 Å². The van der Waals surface area contributed by atoms with Crippen LogP contribution in [0, 0.1) is 6.92 Å². The summed E-state index contributed by atoms with van der Waals surface area (Å²) in [5.74, 6) is -0.892. The van der Waals surface area contributed by atoms with E-state index in [1.165, 1.54) is 18.0 Å². The van der Waals surface area contributed by atoms with Crippen molar-refractivity contribution in [2.75, 3.05) is 31.4 Å². The van der Waals surface area contributed by atoms with Gasteiger partial charge in [0.25, 0.3) is 5.91 Å². The molecule has 43 heavy (non-hydrogen) atoms. The molecule has 0 aromatic heterocycles. The van der Waals surface area contributed by atoms with Crippen LogP contribution >= 0.6 is 11.8 Å². The van der Waals surface area contributed by atoms with E-state index in [2.05, 4.69) is 10.2 Å². The van der Waals surface area contributed by atoms with Crippen molar-refractivity contribution in [3.63, 3.8) is 0 Å². The second-order valence-corrected chi connectivity index (χ2v) is 14.4. The van der Waals surface area contributed by atoms with Gasteiger partial charge < -0.3 is 15.2 Å². The Kier molecular flexibility index (Phi) is 11.4. The monoisotopic (exact) mass is 624 g/mol. The Balaban J connectivity index is 1.60. The lowest BCUT2D eigenvalue weighted by Gasteiger charge is -2.25. The van der Waals surface area contributed by atoms with Crippen LogP contribution in [0.2, 0.25) is 0 Å². The van der Waals surface area contributed by atoms with E-state index in [1.54, 1.807) is 6.07 Å². The molecule has 2 N–H and O–H groups in total. The number of sulfone groups is 1. The van der Waals surface area contributed by atoms with Crippen LogP contribution in [0.4, 0.5) is 0 Å². The fraction of sp³-hybridized carbons (Fsp3) is 0.394. The van der Waals surface area contributed by atoms with E-state index in [4.69, 9.17) is 4.74 Å². The molecule has 10 heteroatoms. The van der Waals surface area contributed by atoms with Crippen molar-refractivity contribution in [2.45, 2.75) is 50.3 Å². The van der Waals surface area contributed by atoms with Crippen LogP contribution in [0.15, 0.2) is 72.8 Å². The molecule has 0 radical (unpaired) electrons. The molecular formula is C33H40N2O6S2. The molecule has 1 aliphatic heterocycles. The summed E-state index contributed by atoms with van der Waals surface area (Å²) in [5.41, 5.74) is 4.95. The number of hydrogen-bond donors (Lipinski definition) is 2. The highest BCUT2D eigenvalue weighted by Crippen LogP contribution is 2.31. The van der Waals surface area contributed by atoms with Crippen molar-refractivity contribution < 1.29 is 27.9 Å². The van der Waals surface area contributed by atoms with Gasteiger partial charge in [-0.2, -0.15) is 11.8 Å². The first-order chi connectivity index (χ1) is 20.6. The Bertz CT molecular complexity index is 1510. The maximum atomic E-state index is 13.4. The van der Waals surface area contributed by atoms with Gasteiger partial charge in [0.05, 0.1) is 18.5 Å². The highest BCUT2D eigenvalue weighted by Gasteiger charge is 2.37. The van der Waals surface area contributed by atoms with E-state index < -0.39 is 33.0 Å². The van der Waals surface area contributed by atoms with Crippen molar-refractivity contribution >= 4 is 33.5 Å². The average Bonchev–Trinajstić information content (AvgIpc) is 3.39. The number of benzene rings is 3. The summed E-state index contributed by atoms with van der Waals surface area (Å²) in [4.78, 5) is 27.4. The molecule has 3 aromatic rings. The van der Waals surface area contributed by atoms with Crippen LogP contribution in [0.5, 0.6) is 0 Å². The maximum Gasteiger partial charge on any atom is 0.326 e. The average molecular weight is 625 g/mol. The largest absolute Gasteiger partial charge is 0.480 e. The fourth-order valence-corrected chi connectivity index (χ4v) is 6.96. The summed E-state index contributed by atoms with van der Waals surface area (Å²) in [5, 5.41) is 11.9. The number of nitrogens with zero attached hydrogens (tertiary/aromatic N) is 1. The Labute approximate surface area is 258 Å². The number of hydrogen-bond acceptors (Lipinski definition) is 7. The molecule has 3 atom stereocenters. The molecule has 0 spiro atoms. The zero-order valence-electron chi connectivity index (χ0n) is 24.9. The Morgan fingerprint density at radius 3 is 2.44 bits per heavy atom. The minimum atomic E-state index is -3.24. The number of aryl methyl sites for hydroxylation is 1. The van der Waals surface area contributed by atoms with Gasteiger partial charge in [-0.1, -0.05) is 60.7 Å². The second kappa shape index (κ2) is 15.0. The first-order valence-corrected chi connectivity index (χ1v) is 17.7. The predicted octanol–water partition coefficient (Wildman–Crippen LogP) is 4.80. The van der Waals surface area contributed by atoms with Gasteiger partial charge in [-0.05, 0) is 71.7 Å². The molecule has 0 saturated carbocycles. The first kappa shape index (κ1) is 32.7. The molecule has 0 aliphatic carbocycles. The molecule has 0 unspecified atom stereocenters. The standard InChI is InChI=1S/C33H40N2O6S2/c1-23-9-7-8-12-28(23)30-17-25(13-14-29(30)32(36)34-31(33(37)38)15-16-42-2)19-35-20-27(43(3,39)40)18-26(35)22-41-21-24-10-5-4-6-11-24/h4-14,17,26-27,31H,15-16,18-22H2,1-3H3,(H,34,36)(H,37,38)/t26-,27+,31-/m0/s1. The van der Waals surface area contributed by atoms with E-state index in [0.717, 1.165) is 22.3 Å². The van der Waals surface area contributed by atoms with Crippen LogP contribution in [0.25, 0.3) is 11.1 Å². The smallest absolute Gasteiger partial charge is 0.326 e. The zero-order valence-corrected chi connectivity index (χ0v) is 26.5. The van der Waals surface area contributed by atoms with Crippen molar-refractivity contribution in [1.82, 2.24) is 10.2 Å². The van der Waals surface area contributed by atoms with Crippen molar-refractivity contribution in [3.8, 4) is 11.1 Å². The van der Waals surface area contributed by atoms with Crippen molar-refractivity contribution in [3.05, 3.63) is 95.1 Å². The van der Waals surface area contributed by atoms with E-state index in [9.17, 15) is 23.1 Å². The SMILES string of the molecule is CSCC[C@H](NC(=O)c1ccc(CN2C[C@H](S(C)(=O)=O)C[C@H]2COCc2ccccc2)cc1-c1ccccc1C)C(=O)O. The lowest BCUT2D eigenvalue weighted by Crippen LogP contribution is -2.41. The van der Waals surface area contributed by atoms with Gasteiger partial charge >= 0.3 is 5.97 Å². The van der Waals surface area contributed by atoms with Crippen LogP contribution in [0.3, 0.4) is 0 Å². The van der Waals surface area contributed by atoms with Crippen molar-refractivity contribution in [1.29, 1.82) is 0 Å². The molecule has 1 aliphatic rings. The fourth-order valence-electron chi connectivity index (χ4n) is 5.45. The van der Waals surface area contributed by atoms with Crippen molar-refractivity contribution in [2.24, 2.45) is 0 Å². The number of aliphatic carboxylic acids is 1. The topological polar surface area (TPSA) is 113 Å². The molecule has 1 fully saturated rings. The highest BCUT2D eigenvalue weighted by molar-refractivity contribution is 7.98. The normalized spacial score (nSPS) is 17.9. The third kappa shape index (κ3) is 8.92. The molecule has 230 valence electrons. The minimum Gasteiger partial charge on any atom is -0.480 e. The molecule has 3 aromatic carbocycles. The summed E-state index contributed by atoms with van der Waals surface area (Å²) in [6, 6.07) is 22.1. The number of carboxylic acid groups (broad SMARTS) is 1. The Morgan fingerprint density at radius 2 is 1.77 bits per heavy atom. The molecule has 4 rings (SSSR count). The van der Waals surface area contributed by atoms with E-state index in [1.807, 2.05) is 79.9 Å². The number of nitrogens with one attached hydrogen (secondary N) is 1. The number of carboxylic acids is 1. The van der Waals surface area contributed by atoms with Gasteiger partial charge in [0.2, 0.25) is 0 Å². The summed E-state index contributed by atoms with van der Waals surface area (Å²) in [7, 11) is -3.24. The van der Waals surface area contributed by atoms with E-state index in [0.29, 0.717) is 56.0 Å². The van der Waals surface area contributed by atoms with Crippen LogP contribution in [0.1, 0.15) is 39.9 Å². The van der Waals surface area contributed by atoms with Crippen LogP contribution in [-0.4, -0.2) is 79.1 Å². The lowest BCUT2D eigenvalue weighted by molar-refractivity contribution is -0.139.